The van der Waals surface area contributed by atoms with E-state index in [2.05, 4.69) is 10.2 Å². The molecule has 0 aliphatic carbocycles. The maximum atomic E-state index is 14.1. The van der Waals surface area contributed by atoms with Gasteiger partial charge in [0.05, 0.1) is 5.02 Å². The molecule has 8 heteroatoms. The van der Waals surface area contributed by atoms with Crippen LogP contribution in [0.5, 0.6) is 0 Å². The van der Waals surface area contributed by atoms with Crippen molar-refractivity contribution in [1.29, 1.82) is 0 Å². The molecule has 0 bridgehead atoms. The number of methoxy groups -OCH3 is 1. The summed E-state index contributed by atoms with van der Waals surface area (Å²) in [5, 5.41) is 9.22. The van der Waals surface area contributed by atoms with Gasteiger partial charge in [0, 0.05) is 36.6 Å². The fourth-order valence-corrected chi connectivity index (χ4v) is 4.17. The van der Waals surface area contributed by atoms with Crippen LogP contribution >= 0.6 is 23.4 Å². The molecule has 0 fully saturated rings. The van der Waals surface area contributed by atoms with Gasteiger partial charge >= 0.3 is 0 Å². The van der Waals surface area contributed by atoms with Gasteiger partial charge in [0.15, 0.2) is 11.0 Å². The maximum Gasteiger partial charge on any atom is 0.192 e. The molecule has 148 valence electrons. The van der Waals surface area contributed by atoms with Crippen LogP contribution in [0.15, 0.2) is 47.6 Å². The van der Waals surface area contributed by atoms with Crippen molar-refractivity contribution in [3.05, 3.63) is 64.7 Å². The van der Waals surface area contributed by atoms with Crippen LogP contribution in [0.25, 0.3) is 11.4 Å². The normalized spacial score (nSPS) is 12.3. The number of hydrogen-bond acceptors (Lipinski definition) is 4. The Hall–Kier alpha value is -1.96. The van der Waals surface area contributed by atoms with Gasteiger partial charge in [0.25, 0.3) is 0 Å². The summed E-state index contributed by atoms with van der Waals surface area (Å²) in [5.74, 6) is -0.529. The summed E-state index contributed by atoms with van der Waals surface area (Å²) in [6.45, 7) is 2.91. The van der Waals surface area contributed by atoms with Crippen molar-refractivity contribution >= 4 is 23.4 Å². The summed E-state index contributed by atoms with van der Waals surface area (Å²) < 4.78 is 35.4. The summed E-state index contributed by atoms with van der Waals surface area (Å²) in [6, 6.07) is 11.2. The van der Waals surface area contributed by atoms with E-state index >= 15 is 0 Å². The Morgan fingerprint density at radius 2 is 1.82 bits per heavy atom. The minimum absolute atomic E-state index is 0.0261. The molecule has 0 radical (unpaired) electrons. The molecule has 0 aliphatic heterocycles. The molecule has 1 unspecified atom stereocenters. The maximum absolute atomic E-state index is 14.1. The Bertz CT molecular complexity index is 931. The highest BCUT2D eigenvalue weighted by Gasteiger charge is 2.22. The minimum atomic E-state index is -0.572. The molecular weight excluding hydrogens is 404 g/mol. The molecule has 1 aromatic heterocycles. The largest absolute Gasteiger partial charge is 0.385 e. The number of halogens is 3. The highest BCUT2D eigenvalue weighted by Crippen LogP contribution is 2.38. The molecular formula is C20H20ClF2N3OS. The van der Waals surface area contributed by atoms with E-state index < -0.39 is 16.9 Å². The fraction of sp³-hybridized carbons (Fsp3) is 0.300. The third-order valence-corrected chi connectivity index (χ3v) is 5.68. The van der Waals surface area contributed by atoms with Crippen LogP contribution in [-0.4, -0.2) is 28.5 Å². The summed E-state index contributed by atoms with van der Waals surface area (Å²) in [6.07, 6.45) is 0.738. The zero-order chi connectivity index (χ0) is 20.1. The summed E-state index contributed by atoms with van der Waals surface area (Å²) in [4.78, 5) is 0. The highest BCUT2D eigenvalue weighted by atomic mass is 35.5. The Labute approximate surface area is 171 Å². The standard InChI is InChI=1S/C20H20ClF2N3OS/c1-13(18-16(22)9-5-10-17(18)23)28-20-25-24-19(26(20)11-6-12-27-2)14-7-3-4-8-15(14)21/h3-5,7-10,13H,6,11-12H2,1-2H3. The lowest BCUT2D eigenvalue weighted by molar-refractivity contribution is 0.189. The van der Waals surface area contributed by atoms with Gasteiger partial charge in [-0.2, -0.15) is 0 Å². The number of benzene rings is 2. The van der Waals surface area contributed by atoms with Crippen molar-refractivity contribution in [2.45, 2.75) is 30.3 Å². The quantitative estimate of drug-likeness (QED) is 0.341. The van der Waals surface area contributed by atoms with Crippen LogP contribution in [0.4, 0.5) is 8.78 Å². The van der Waals surface area contributed by atoms with Crippen molar-refractivity contribution in [1.82, 2.24) is 14.8 Å². The molecule has 1 heterocycles. The van der Waals surface area contributed by atoms with E-state index in [0.29, 0.717) is 29.2 Å². The number of rotatable bonds is 8. The molecule has 1 atom stereocenters. The molecule has 0 aliphatic rings. The van der Waals surface area contributed by atoms with E-state index in [1.54, 1.807) is 20.1 Å². The van der Waals surface area contributed by atoms with Crippen LogP contribution in [0.1, 0.15) is 24.2 Å². The second kappa shape index (κ2) is 9.49. The first kappa shape index (κ1) is 20.8. The molecule has 0 saturated heterocycles. The molecule has 28 heavy (non-hydrogen) atoms. The van der Waals surface area contributed by atoms with Crippen molar-refractivity contribution < 1.29 is 13.5 Å². The Morgan fingerprint density at radius 3 is 2.50 bits per heavy atom. The van der Waals surface area contributed by atoms with E-state index in [1.165, 1.54) is 30.0 Å². The number of aromatic nitrogens is 3. The molecule has 3 aromatic rings. The molecule has 0 spiro atoms. The third-order valence-electron chi connectivity index (χ3n) is 4.25. The fourth-order valence-electron chi connectivity index (χ4n) is 2.90. The molecule has 4 nitrogen and oxygen atoms in total. The number of nitrogens with zero attached hydrogens (tertiary/aromatic N) is 3. The summed E-state index contributed by atoms with van der Waals surface area (Å²) in [5.41, 5.74) is 0.781. The van der Waals surface area contributed by atoms with E-state index in [4.69, 9.17) is 16.3 Å². The molecule has 2 aromatic carbocycles. The third kappa shape index (κ3) is 4.54. The lowest BCUT2D eigenvalue weighted by Gasteiger charge is -2.15. The molecule has 3 rings (SSSR count). The topological polar surface area (TPSA) is 39.9 Å². The van der Waals surface area contributed by atoms with Crippen molar-refractivity contribution in [2.24, 2.45) is 0 Å². The Balaban J connectivity index is 1.95. The molecule has 0 N–H and O–H groups in total. The van der Waals surface area contributed by atoms with Crippen LogP contribution in [-0.2, 0) is 11.3 Å². The van der Waals surface area contributed by atoms with Gasteiger partial charge in [0.1, 0.15) is 11.6 Å². The second-order valence-electron chi connectivity index (χ2n) is 6.18. The van der Waals surface area contributed by atoms with Crippen molar-refractivity contribution in [2.75, 3.05) is 13.7 Å². The minimum Gasteiger partial charge on any atom is -0.385 e. The van der Waals surface area contributed by atoms with E-state index in [-0.39, 0.29) is 5.56 Å². The first-order chi connectivity index (χ1) is 13.5. The number of hydrogen-bond donors (Lipinski definition) is 0. The van der Waals surface area contributed by atoms with Gasteiger partial charge in [-0.15, -0.1) is 10.2 Å². The highest BCUT2D eigenvalue weighted by molar-refractivity contribution is 7.99. The second-order valence-corrected chi connectivity index (χ2v) is 7.89. The molecule has 0 saturated carbocycles. The summed E-state index contributed by atoms with van der Waals surface area (Å²) in [7, 11) is 1.64. The lowest BCUT2D eigenvalue weighted by atomic mass is 10.1. The van der Waals surface area contributed by atoms with Gasteiger partial charge in [-0.05, 0) is 37.6 Å². The molecule has 0 amide bonds. The lowest BCUT2D eigenvalue weighted by Crippen LogP contribution is -2.07. The SMILES string of the molecule is COCCCn1c(SC(C)c2c(F)cccc2F)nnc1-c1ccccc1Cl. The summed E-state index contributed by atoms with van der Waals surface area (Å²) >= 11 is 7.59. The number of ether oxygens (including phenoxy) is 1. The monoisotopic (exact) mass is 423 g/mol. The first-order valence-electron chi connectivity index (χ1n) is 8.80. The van der Waals surface area contributed by atoms with Crippen LogP contribution in [0, 0.1) is 11.6 Å². The van der Waals surface area contributed by atoms with Gasteiger partial charge in [-0.25, -0.2) is 8.78 Å². The van der Waals surface area contributed by atoms with Gasteiger partial charge in [-0.1, -0.05) is 41.6 Å². The Kier molecular flexibility index (Phi) is 7.04. The predicted molar refractivity (Wildman–Crippen MR) is 108 cm³/mol. The van der Waals surface area contributed by atoms with Gasteiger partial charge in [0.2, 0.25) is 0 Å². The van der Waals surface area contributed by atoms with Crippen molar-refractivity contribution in [3.63, 3.8) is 0 Å². The van der Waals surface area contributed by atoms with Crippen LogP contribution < -0.4 is 0 Å². The smallest absolute Gasteiger partial charge is 0.192 e. The van der Waals surface area contributed by atoms with Gasteiger partial charge < -0.3 is 9.30 Å². The Morgan fingerprint density at radius 1 is 1.11 bits per heavy atom. The van der Waals surface area contributed by atoms with Crippen molar-refractivity contribution in [3.8, 4) is 11.4 Å². The predicted octanol–water partition coefficient (Wildman–Crippen LogP) is 5.77. The van der Waals surface area contributed by atoms with Crippen LogP contribution in [0.3, 0.4) is 0 Å². The zero-order valence-corrected chi connectivity index (χ0v) is 17.1. The number of thioether (sulfide) groups is 1. The zero-order valence-electron chi connectivity index (χ0n) is 15.5. The average Bonchev–Trinajstić information content (AvgIpc) is 3.04. The first-order valence-corrected chi connectivity index (χ1v) is 10.1. The average molecular weight is 424 g/mol. The van der Waals surface area contributed by atoms with E-state index in [1.807, 2.05) is 22.8 Å². The van der Waals surface area contributed by atoms with E-state index in [0.717, 1.165) is 12.0 Å². The van der Waals surface area contributed by atoms with Crippen LogP contribution in [0.2, 0.25) is 5.02 Å². The van der Waals surface area contributed by atoms with Gasteiger partial charge in [-0.3, -0.25) is 0 Å². The van der Waals surface area contributed by atoms with E-state index in [9.17, 15) is 8.78 Å².